The van der Waals surface area contributed by atoms with E-state index < -0.39 is 0 Å². The molecule has 0 spiro atoms. The van der Waals surface area contributed by atoms with Crippen molar-refractivity contribution in [2.24, 2.45) is 11.3 Å². The molecule has 2 aliphatic carbocycles. The first-order valence-corrected chi connectivity index (χ1v) is 8.42. The third-order valence-electron chi connectivity index (χ3n) is 4.79. The largest absolute Gasteiger partial charge is 0.468 e. The third-order valence-corrected chi connectivity index (χ3v) is 4.79. The highest BCUT2D eigenvalue weighted by molar-refractivity contribution is 5.16. The molecule has 0 aromatic carbocycles. The summed E-state index contributed by atoms with van der Waals surface area (Å²) in [6, 6.07) is 2.77. The van der Waals surface area contributed by atoms with Crippen LogP contribution in [0, 0.1) is 11.3 Å². The molecule has 0 aliphatic heterocycles. The summed E-state index contributed by atoms with van der Waals surface area (Å²) in [7, 11) is 0. The molecule has 118 valence electrons. The molecule has 3 nitrogen and oxygen atoms in total. The monoisotopic (exact) mass is 291 g/mol. The normalized spacial score (nSPS) is 28.7. The molecule has 1 N–H and O–H groups in total. The Morgan fingerprint density at radius 3 is 2.86 bits per heavy atom. The minimum absolute atomic E-state index is 0.392. The van der Waals surface area contributed by atoms with Crippen LogP contribution in [0.2, 0.25) is 0 Å². The van der Waals surface area contributed by atoms with Crippen molar-refractivity contribution in [1.29, 1.82) is 0 Å². The first kappa shape index (κ1) is 15.1. The van der Waals surface area contributed by atoms with Gasteiger partial charge in [0, 0.05) is 11.6 Å². The number of hydrogen-bond acceptors (Lipinski definition) is 3. The first-order chi connectivity index (χ1) is 10.0. The second-order valence-electron chi connectivity index (χ2n) is 7.87. The van der Waals surface area contributed by atoms with Crippen molar-refractivity contribution in [2.75, 3.05) is 0 Å². The van der Waals surface area contributed by atoms with Crippen LogP contribution in [0.5, 0.6) is 0 Å². The van der Waals surface area contributed by atoms with Gasteiger partial charge in [0.1, 0.15) is 5.76 Å². The van der Waals surface area contributed by atoms with Gasteiger partial charge in [-0.05, 0) is 49.5 Å². The van der Waals surface area contributed by atoms with Gasteiger partial charge < -0.3 is 14.5 Å². The van der Waals surface area contributed by atoms with E-state index in [1.165, 1.54) is 37.7 Å². The van der Waals surface area contributed by atoms with Gasteiger partial charge in [0.25, 0.3) is 0 Å². The average Bonchev–Trinajstić information content (AvgIpc) is 3.10. The molecule has 1 aromatic rings. The SMILES string of the molecule is CC1CC(OCc2ccoc2CNC2CC2)CC(C)(C)C1. The fraction of sp³-hybridized carbons (Fsp3) is 0.778. The fourth-order valence-corrected chi connectivity index (χ4v) is 3.77. The Labute approximate surface area is 128 Å². The van der Waals surface area contributed by atoms with E-state index in [4.69, 9.17) is 9.15 Å². The van der Waals surface area contributed by atoms with Gasteiger partial charge in [0.05, 0.1) is 25.5 Å². The Hall–Kier alpha value is -0.800. The molecule has 2 aliphatic rings. The van der Waals surface area contributed by atoms with E-state index in [0.29, 0.717) is 24.2 Å². The zero-order valence-corrected chi connectivity index (χ0v) is 13.7. The standard InChI is InChI=1S/C18H29NO2/c1-13-8-16(10-18(2,3)9-13)21-12-14-6-7-20-17(14)11-19-15-4-5-15/h6-7,13,15-16,19H,4-5,8-12H2,1-3H3. The second-order valence-corrected chi connectivity index (χ2v) is 7.87. The van der Waals surface area contributed by atoms with E-state index in [1.54, 1.807) is 6.26 Å². The van der Waals surface area contributed by atoms with Crippen LogP contribution in [-0.4, -0.2) is 12.1 Å². The lowest BCUT2D eigenvalue weighted by Gasteiger charge is -2.38. The fourth-order valence-electron chi connectivity index (χ4n) is 3.77. The molecule has 2 fully saturated rings. The third kappa shape index (κ3) is 4.33. The Morgan fingerprint density at radius 2 is 2.14 bits per heavy atom. The van der Waals surface area contributed by atoms with Crippen LogP contribution in [0.15, 0.2) is 16.7 Å². The van der Waals surface area contributed by atoms with Crippen LogP contribution >= 0.6 is 0 Å². The van der Waals surface area contributed by atoms with Crippen molar-refractivity contribution < 1.29 is 9.15 Å². The van der Waals surface area contributed by atoms with Gasteiger partial charge in [-0.1, -0.05) is 20.8 Å². The lowest BCUT2D eigenvalue weighted by molar-refractivity contribution is -0.0320. The van der Waals surface area contributed by atoms with E-state index in [2.05, 4.69) is 32.2 Å². The molecule has 0 amide bonds. The van der Waals surface area contributed by atoms with Crippen molar-refractivity contribution in [3.8, 4) is 0 Å². The molecule has 3 rings (SSSR count). The molecule has 3 heteroatoms. The molecule has 0 radical (unpaired) electrons. The Morgan fingerprint density at radius 1 is 1.33 bits per heavy atom. The van der Waals surface area contributed by atoms with E-state index in [-0.39, 0.29) is 0 Å². The van der Waals surface area contributed by atoms with Crippen molar-refractivity contribution in [3.63, 3.8) is 0 Å². The maximum Gasteiger partial charge on any atom is 0.123 e. The Balaban J connectivity index is 1.51. The predicted molar refractivity (Wildman–Crippen MR) is 83.9 cm³/mol. The van der Waals surface area contributed by atoms with Gasteiger partial charge in [0.15, 0.2) is 0 Å². The van der Waals surface area contributed by atoms with Crippen LogP contribution < -0.4 is 5.32 Å². The van der Waals surface area contributed by atoms with Crippen molar-refractivity contribution in [2.45, 2.75) is 78.2 Å². The zero-order valence-electron chi connectivity index (χ0n) is 13.7. The maximum absolute atomic E-state index is 6.21. The number of hydrogen-bond donors (Lipinski definition) is 1. The number of nitrogens with one attached hydrogen (secondary N) is 1. The Kier molecular flexibility index (Phi) is 4.41. The zero-order chi connectivity index (χ0) is 14.9. The summed E-state index contributed by atoms with van der Waals surface area (Å²) in [6.07, 6.45) is 8.47. The summed E-state index contributed by atoms with van der Waals surface area (Å²) in [4.78, 5) is 0. The predicted octanol–water partition coefficient (Wildman–Crippen LogP) is 4.26. The van der Waals surface area contributed by atoms with Crippen LogP contribution in [0.3, 0.4) is 0 Å². The lowest BCUT2D eigenvalue weighted by Crippen LogP contribution is -2.32. The van der Waals surface area contributed by atoms with Crippen molar-refractivity contribution in [3.05, 3.63) is 23.7 Å². The smallest absolute Gasteiger partial charge is 0.123 e. The number of rotatable bonds is 6. The van der Waals surface area contributed by atoms with Crippen LogP contribution in [-0.2, 0) is 17.9 Å². The molecular formula is C18H29NO2. The van der Waals surface area contributed by atoms with Crippen LogP contribution in [0.25, 0.3) is 0 Å². The van der Waals surface area contributed by atoms with Crippen molar-refractivity contribution >= 4 is 0 Å². The molecular weight excluding hydrogens is 262 g/mol. The van der Waals surface area contributed by atoms with E-state index in [9.17, 15) is 0 Å². The molecule has 2 unspecified atom stereocenters. The van der Waals surface area contributed by atoms with Crippen LogP contribution in [0.4, 0.5) is 0 Å². The minimum Gasteiger partial charge on any atom is -0.468 e. The quantitative estimate of drug-likeness (QED) is 0.850. The van der Waals surface area contributed by atoms with Gasteiger partial charge in [-0.25, -0.2) is 0 Å². The Bertz CT molecular complexity index is 462. The minimum atomic E-state index is 0.392. The second kappa shape index (κ2) is 6.13. The van der Waals surface area contributed by atoms with Crippen molar-refractivity contribution in [1.82, 2.24) is 5.32 Å². The molecule has 21 heavy (non-hydrogen) atoms. The first-order valence-electron chi connectivity index (χ1n) is 8.42. The number of ether oxygens (including phenoxy) is 1. The molecule has 2 saturated carbocycles. The van der Waals surface area contributed by atoms with Gasteiger partial charge in [-0.3, -0.25) is 0 Å². The number of furan rings is 1. The van der Waals surface area contributed by atoms with Gasteiger partial charge >= 0.3 is 0 Å². The van der Waals surface area contributed by atoms with Gasteiger partial charge in [-0.2, -0.15) is 0 Å². The van der Waals surface area contributed by atoms with Crippen LogP contribution in [0.1, 0.15) is 64.2 Å². The highest BCUT2D eigenvalue weighted by atomic mass is 16.5. The summed E-state index contributed by atoms with van der Waals surface area (Å²) in [5.41, 5.74) is 1.62. The van der Waals surface area contributed by atoms with E-state index in [1.807, 2.05) is 0 Å². The summed E-state index contributed by atoms with van der Waals surface area (Å²) in [5.74, 6) is 1.81. The lowest BCUT2D eigenvalue weighted by atomic mass is 9.71. The van der Waals surface area contributed by atoms with Gasteiger partial charge in [-0.15, -0.1) is 0 Å². The van der Waals surface area contributed by atoms with E-state index >= 15 is 0 Å². The summed E-state index contributed by atoms with van der Waals surface area (Å²) >= 11 is 0. The van der Waals surface area contributed by atoms with E-state index in [0.717, 1.165) is 18.2 Å². The summed E-state index contributed by atoms with van der Waals surface area (Å²) < 4.78 is 11.8. The maximum atomic E-state index is 6.21. The highest BCUT2D eigenvalue weighted by Crippen LogP contribution is 2.40. The highest BCUT2D eigenvalue weighted by Gasteiger charge is 2.32. The molecule has 2 atom stereocenters. The topological polar surface area (TPSA) is 34.4 Å². The summed E-state index contributed by atoms with van der Waals surface area (Å²) in [6.45, 7) is 8.60. The molecule has 1 heterocycles. The van der Waals surface area contributed by atoms with Gasteiger partial charge in [0.2, 0.25) is 0 Å². The molecule has 1 aromatic heterocycles. The molecule has 0 bridgehead atoms. The summed E-state index contributed by atoms with van der Waals surface area (Å²) in [5, 5.41) is 3.51. The molecule has 0 saturated heterocycles. The average molecular weight is 291 g/mol.